The van der Waals surface area contributed by atoms with Gasteiger partial charge in [-0.1, -0.05) is 30.3 Å². The van der Waals surface area contributed by atoms with Crippen LogP contribution in [0.15, 0.2) is 30.3 Å². The van der Waals surface area contributed by atoms with Gasteiger partial charge in [0.25, 0.3) is 0 Å². The summed E-state index contributed by atoms with van der Waals surface area (Å²) in [5, 5.41) is 19.9. The van der Waals surface area contributed by atoms with Crippen LogP contribution in [-0.2, 0) is 11.2 Å². The fraction of sp³-hybridized carbons (Fsp3) is 0.300. The molecule has 0 heterocycles. The zero-order chi connectivity index (χ0) is 10.4. The molecule has 0 unspecified atom stereocenters. The maximum absolute atomic E-state index is 10.7. The van der Waals surface area contributed by atoms with Crippen LogP contribution in [0.25, 0.3) is 0 Å². The third-order valence-corrected chi connectivity index (χ3v) is 1.92. The molecule has 3 N–H and O–H groups in total. The molecule has 0 bridgehead atoms. The van der Waals surface area contributed by atoms with Crippen molar-refractivity contribution in [2.45, 2.75) is 12.5 Å². The largest absolute Gasteiger partial charge is 0.480 e. The van der Waals surface area contributed by atoms with Crippen molar-refractivity contribution in [2.24, 2.45) is 0 Å². The molecule has 0 aromatic heterocycles. The van der Waals surface area contributed by atoms with E-state index in [1.807, 2.05) is 30.3 Å². The van der Waals surface area contributed by atoms with Gasteiger partial charge >= 0.3 is 5.97 Å². The second-order valence-corrected chi connectivity index (χ2v) is 2.94. The van der Waals surface area contributed by atoms with E-state index >= 15 is 0 Å². The van der Waals surface area contributed by atoms with Crippen LogP contribution in [-0.4, -0.2) is 29.0 Å². The lowest BCUT2D eigenvalue weighted by Gasteiger charge is -2.12. The highest BCUT2D eigenvalue weighted by atomic mass is 16.4. The second kappa shape index (κ2) is 5.36. The first-order valence-corrected chi connectivity index (χ1v) is 4.35. The molecule has 0 aliphatic heterocycles. The van der Waals surface area contributed by atoms with Crippen molar-refractivity contribution in [3.05, 3.63) is 35.9 Å². The Bertz CT molecular complexity index is 287. The summed E-state index contributed by atoms with van der Waals surface area (Å²) in [6.45, 7) is -0.330. The monoisotopic (exact) mass is 195 g/mol. The van der Waals surface area contributed by atoms with E-state index in [0.717, 1.165) is 5.56 Å². The minimum absolute atomic E-state index is 0.330. The molecule has 1 atom stereocenters. The third kappa shape index (κ3) is 3.16. The molecule has 0 amide bonds. The first kappa shape index (κ1) is 10.7. The smallest absolute Gasteiger partial charge is 0.321 e. The van der Waals surface area contributed by atoms with Crippen molar-refractivity contribution >= 4 is 5.97 Å². The van der Waals surface area contributed by atoms with Crippen LogP contribution in [0.1, 0.15) is 5.56 Å². The van der Waals surface area contributed by atoms with Gasteiger partial charge in [0.05, 0.1) is 6.73 Å². The highest BCUT2D eigenvalue weighted by Gasteiger charge is 2.15. The molecule has 1 rings (SSSR count). The first-order chi connectivity index (χ1) is 6.74. The molecule has 0 aliphatic carbocycles. The average molecular weight is 195 g/mol. The van der Waals surface area contributed by atoms with E-state index in [-0.39, 0.29) is 6.73 Å². The molecular weight excluding hydrogens is 182 g/mol. The number of rotatable bonds is 5. The van der Waals surface area contributed by atoms with Crippen LogP contribution in [0.2, 0.25) is 0 Å². The molecule has 1 aromatic rings. The molecule has 0 spiro atoms. The number of aliphatic hydroxyl groups is 1. The zero-order valence-electron chi connectivity index (χ0n) is 7.68. The molecule has 4 nitrogen and oxygen atoms in total. The van der Waals surface area contributed by atoms with Crippen LogP contribution in [0.3, 0.4) is 0 Å². The standard InChI is InChI=1S/C10H13NO3/c12-7-11-9(10(13)14)6-8-4-2-1-3-5-8/h1-5,9,11-12H,6-7H2,(H,13,14)/t9-/m1/s1. The summed E-state index contributed by atoms with van der Waals surface area (Å²) in [6, 6.07) is 8.56. The number of carbonyl (C=O) groups is 1. The summed E-state index contributed by atoms with van der Waals surface area (Å²) in [4.78, 5) is 10.7. The maximum atomic E-state index is 10.7. The van der Waals surface area contributed by atoms with Crippen LogP contribution in [0, 0.1) is 0 Å². The van der Waals surface area contributed by atoms with E-state index in [1.165, 1.54) is 0 Å². The Morgan fingerprint density at radius 2 is 2.00 bits per heavy atom. The minimum Gasteiger partial charge on any atom is -0.480 e. The Hall–Kier alpha value is -1.39. The number of hydrogen-bond acceptors (Lipinski definition) is 3. The Morgan fingerprint density at radius 3 is 2.50 bits per heavy atom. The van der Waals surface area contributed by atoms with Gasteiger partial charge in [0.15, 0.2) is 0 Å². The zero-order valence-corrected chi connectivity index (χ0v) is 7.68. The summed E-state index contributed by atoms with van der Waals surface area (Å²) in [5.41, 5.74) is 0.931. The predicted molar refractivity (Wildman–Crippen MR) is 51.8 cm³/mol. The summed E-state index contributed by atoms with van der Waals surface area (Å²) in [6.07, 6.45) is 0.372. The fourth-order valence-electron chi connectivity index (χ4n) is 1.21. The second-order valence-electron chi connectivity index (χ2n) is 2.94. The third-order valence-electron chi connectivity index (χ3n) is 1.92. The Balaban J connectivity index is 2.60. The number of nitrogens with one attached hydrogen (secondary N) is 1. The van der Waals surface area contributed by atoms with Crippen molar-refractivity contribution in [3.63, 3.8) is 0 Å². The molecular formula is C10H13NO3. The average Bonchev–Trinajstić information content (AvgIpc) is 2.18. The van der Waals surface area contributed by atoms with Crippen LogP contribution >= 0.6 is 0 Å². The van der Waals surface area contributed by atoms with Gasteiger partial charge in [-0.05, 0) is 12.0 Å². The Labute approximate surface area is 82.2 Å². The lowest BCUT2D eigenvalue weighted by molar-refractivity contribution is -0.139. The van der Waals surface area contributed by atoms with Gasteiger partial charge in [0.1, 0.15) is 6.04 Å². The topological polar surface area (TPSA) is 69.6 Å². The van der Waals surface area contributed by atoms with E-state index in [9.17, 15) is 4.79 Å². The molecule has 1 aromatic carbocycles. The SMILES string of the molecule is O=C(O)[C@@H](Cc1ccccc1)NCO. The maximum Gasteiger partial charge on any atom is 0.321 e. The van der Waals surface area contributed by atoms with Gasteiger partial charge in [-0.15, -0.1) is 0 Å². The van der Waals surface area contributed by atoms with Gasteiger partial charge in [-0.3, -0.25) is 10.1 Å². The molecule has 4 heteroatoms. The van der Waals surface area contributed by atoms with E-state index in [4.69, 9.17) is 10.2 Å². The Kier molecular flexibility index (Phi) is 4.10. The van der Waals surface area contributed by atoms with Gasteiger partial charge < -0.3 is 10.2 Å². The number of benzene rings is 1. The molecule has 0 radical (unpaired) electrons. The molecule has 14 heavy (non-hydrogen) atoms. The van der Waals surface area contributed by atoms with Crippen LogP contribution < -0.4 is 5.32 Å². The number of carboxylic acids is 1. The van der Waals surface area contributed by atoms with E-state index in [2.05, 4.69) is 5.32 Å². The van der Waals surface area contributed by atoms with Crippen molar-refractivity contribution in [1.82, 2.24) is 5.32 Å². The molecule has 76 valence electrons. The highest BCUT2D eigenvalue weighted by molar-refractivity contribution is 5.73. The van der Waals surface area contributed by atoms with Crippen LogP contribution in [0.4, 0.5) is 0 Å². The van der Waals surface area contributed by atoms with Gasteiger partial charge in [0.2, 0.25) is 0 Å². The van der Waals surface area contributed by atoms with E-state index in [0.29, 0.717) is 6.42 Å². The lowest BCUT2D eigenvalue weighted by atomic mass is 10.1. The van der Waals surface area contributed by atoms with Crippen molar-refractivity contribution < 1.29 is 15.0 Å². The fourth-order valence-corrected chi connectivity index (χ4v) is 1.21. The van der Waals surface area contributed by atoms with Crippen molar-refractivity contribution in [3.8, 4) is 0 Å². The molecule has 0 saturated heterocycles. The molecule has 0 fully saturated rings. The quantitative estimate of drug-likeness (QED) is 0.588. The predicted octanol–water partition coefficient (Wildman–Crippen LogP) is 0.222. The minimum atomic E-state index is -0.956. The van der Waals surface area contributed by atoms with Crippen molar-refractivity contribution in [1.29, 1.82) is 0 Å². The normalized spacial score (nSPS) is 12.4. The van der Waals surface area contributed by atoms with Gasteiger partial charge in [0, 0.05) is 0 Å². The number of aliphatic carboxylic acids is 1. The summed E-state index contributed by atoms with van der Waals surface area (Å²) in [5.74, 6) is -0.956. The summed E-state index contributed by atoms with van der Waals surface area (Å²) < 4.78 is 0. The number of aliphatic hydroxyl groups excluding tert-OH is 1. The van der Waals surface area contributed by atoms with E-state index in [1.54, 1.807) is 0 Å². The number of carboxylic acid groups (broad SMARTS) is 1. The number of hydrogen-bond donors (Lipinski definition) is 3. The highest BCUT2D eigenvalue weighted by Crippen LogP contribution is 2.02. The van der Waals surface area contributed by atoms with Crippen molar-refractivity contribution in [2.75, 3.05) is 6.73 Å². The Morgan fingerprint density at radius 1 is 1.36 bits per heavy atom. The van der Waals surface area contributed by atoms with Gasteiger partial charge in [-0.2, -0.15) is 0 Å². The molecule has 0 aliphatic rings. The summed E-state index contributed by atoms with van der Waals surface area (Å²) >= 11 is 0. The first-order valence-electron chi connectivity index (χ1n) is 4.35. The van der Waals surface area contributed by atoms with Gasteiger partial charge in [-0.25, -0.2) is 0 Å². The van der Waals surface area contributed by atoms with E-state index < -0.39 is 12.0 Å². The summed E-state index contributed by atoms with van der Waals surface area (Å²) in [7, 11) is 0. The lowest BCUT2D eigenvalue weighted by Crippen LogP contribution is -2.38. The molecule has 0 saturated carbocycles. The van der Waals surface area contributed by atoms with Crippen LogP contribution in [0.5, 0.6) is 0 Å².